The first-order valence-electron chi connectivity index (χ1n) is 6.53. The lowest BCUT2D eigenvalue weighted by Crippen LogP contribution is -2.22. The number of hydrogen-bond donors (Lipinski definition) is 1. The number of tetrazole rings is 1. The lowest BCUT2D eigenvalue weighted by molar-refractivity contribution is 0.414. The molecule has 20 heavy (non-hydrogen) atoms. The molecule has 0 saturated heterocycles. The molecule has 0 aliphatic rings. The van der Waals surface area contributed by atoms with Gasteiger partial charge < -0.3 is 10.1 Å². The summed E-state index contributed by atoms with van der Waals surface area (Å²) in [7, 11) is 1.64. The van der Waals surface area contributed by atoms with Gasteiger partial charge in [-0.1, -0.05) is 6.92 Å². The van der Waals surface area contributed by atoms with E-state index in [4.69, 9.17) is 4.74 Å². The van der Waals surface area contributed by atoms with E-state index in [1.807, 2.05) is 25.1 Å². The summed E-state index contributed by atoms with van der Waals surface area (Å²) in [5, 5.41) is 15.4. The van der Waals surface area contributed by atoms with Crippen LogP contribution in [0.3, 0.4) is 0 Å². The molecular formula is C13H18BrN5O. The van der Waals surface area contributed by atoms with E-state index in [1.165, 1.54) is 0 Å². The van der Waals surface area contributed by atoms with Crippen molar-refractivity contribution >= 4 is 15.9 Å². The third-order valence-corrected chi connectivity index (χ3v) is 3.63. The minimum absolute atomic E-state index is 0.0723. The third kappa shape index (κ3) is 3.16. The Morgan fingerprint density at radius 1 is 1.45 bits per heavy atom. The molecule has 1 unspecified atom stereocenters. The van der Waals surface area contributed by atoms with Gasteiger partial charge in [0, 0.05) is 10.5 Å². The van der Waals surface area contributed by atoms with Crippen molar-refractivity contribution in [3.63, 3.8) is 0 Å². The molecule has 1 heterocycles. The van der Waals surface area contributed by atoms with Gasteiger partial charge >= 0.3 is 0 Å². The van der Waals surface area contributed by atoms with Crippen LogP contribution in [0.15, 0.2) is 22.7 Å². The first-order valence-corrected chi connectivity index (χ1v) is 7.32. The van der Waals surface area contributed by atoms with Crippen LogP contribution in [0.1, 0.15) is 32.1 Å². The fourth-order valence-electron chi connectivity index (χ4n) is 1.87. The van der Waals surface area contributed by atoms with E-state index in [-0.39, 0.29) is 6.04 Å². The molecule has 1 atom stereocenters. The van der Waals surface area contributed by atoms with E-state index in [1.54, 1.807) is 11.8 Å². The second-order valence-electron chi connectivity index (χ2n) is 4.44. The highest BCUT2D eigenvalue weighted by molar-refractivity contribution is 9.10. The number of rotatable bonds is 6. The first-order chi connectivity index (χ1) is 9.67. The smallest absolute Gasteiger partial charge is 0.173 e. The van der Waals surface area contributed by atoms with Gasteiger partial charge in [-0.3, -0.25) is 0 Å². The number of methoxy groups -OCH3 is 1. The zero-order valence-electron chi connectivity index (χ0n) is 11.8. The quantitative estimate of drug-likeness (QED) is 0.875. The molecule has 108 valence electrons. The zero-order chi connectivity index (χ0) is 14.5. The SMILES string of the molecule is CCCNC(C)c1nnnn1-c1cc(OC)ccc1Br. The zero-order valence-corrected chi connectivity index (χ0v) is 13.4. The van der Waals surface area contributed by atoms with Crippen molar-refractivity contribution in [2.24, 2.45) is 0 Å². The van der Waals surface area contributed by atoms with Gasteiger partial charge in [0.25, 0.3) is 0 Å². The predicted molar refractivity (Wildman–Crippen MR) is 80.1 cm³/mol. The van der Waals surface area contributed by atoms with Crippen molar-refractivity contribution in [3.05, 3.63) is 28.5 Å². The number of benzene rings is 1. The summed E-state index contributed by atoms with van der Waals surface area (Å²) in [5.41, 5.74) is 0.856. The Morgan fingerprint density at radius 3 is 2.95 bits per heavy atom. The monoisotopic (exact) mass is 339 g/mol. The summed E-state index contributed by atoms with van der Waals surface area (Å²) in [6.45, 7) is 5.10. The molecule has 0 spiro atoms. The van der Waals surface area contributed by atoms with Crippen molar-refractivity contribution in [3.8, 4) is 11.4 Å². The van der Waals surface area contributed by atoms with Gasteiger partial charge in [-0.05, 0) is 58.4 Å². The summed E-state index contributed by atoms with van der Waals surface area (Å²) >= 11 is 3.52. The molecule has 0 fully saturated rings. The second-order valence-corrected chi connectivity index (χ2v) is 5.30. The number of halogens is 1. The second kappa shape index (κ2) is 6.81. The van der Waals surface area contributed by atoms with Crippen LogP contribution in [-0.2, 0) is 0 Å². The highest BCUT2D eigenvalue weighted by Gasteiger charge is 2.17. The van der Waals surface area contributed by atoms with Gasteiger partial charge in [0.05, 0.1) is 18.8 Å². The van der Waals surface area contributed by atoms with Crippen molar-refractivity contribution < 1.29 is 4.74 Å². The fraction of sp³-hybridized carbons (Fsp3) is 0.462. The van der Waals surface area contributed by atoms with Crippen LogP contribution in [0.5, 0.6) is 5.75 Å². The molecule has 2 rings (SSSR count). The van der Waals surface area contributed by atoms with Crippen LogP contribution >= 0.6 is 15.9 Å². The molecule has 0 radical (unpaired) electrons. The average Bonchev–Trinajstić information content (AvgIpc) is 2.94. The Bertz CT molecular complexity index is 572. The van der Waals surface area contributed by atoms with Crippen LogP contribution in [0.25, 0.3) is 5.69 Å². The summed E-state index contributed by atoms with van der Waals surface area (Å²) in [5.74, 6) is 1.53. The van der Waals surface area contributed by atoms with E-state index in [2.05, 4.69) is 43.7 Å². The molecule has 7 heteroatoms. The molecule has 2 aromatic rings. The van der Waals surface area contributed by atoms with Gasteiger partial charge in [-0.2, -0.15) is 4.68 Å². The summed E-state index contributed by atoms with van der Waals surface area (Å²) < 4.78 is 7.89. The summed E-state index contributed by atoms with van der Waals surface area (Å²) in [6, 6.07) is 5.78. The van der Waals surface area contributed by atoms with E-state index < -0.39 is 0 Å². The van der Waals surface area contributed by atoms with Gasteiger partial charge in [0.1, 0.15) is 5.75 Å². The highest BCUT2D eigenvalue weighted by atomic mass is 79.9. The van der Waals surface area contributed by atoms with Crippen molar-refractivity contribution in [2.75, 3.05) is 13.7 Å². The number of nitrogens with one attached hydrogen (secondary N) is 1. The number of nitrogens with zero attached hydrogens (tertiary/aromatic N) is 4. The fourth-order valence-corrected chi connectivity index (χ4v) is 2.28. The van der Waals surface area contributed by atoms with E-state index in [0.29, 0.717) is 0 Å². The molecule has 0 bridgehead atoms. The minimum atomic E-state index is 0.0723. The van der Waals surface area contributed by atoms with E-state index >= 15 is 0 Å². The van der Waals surface area contributed by atoms with Crippen LogP contribution in [0.4, 0.5) is 0 Å². The van der Waals surface area contributed by atoms with E-state index in [9.17, 15) is 0 Å². The topological polar surface area (TPSA) is 64.9 Å². The van der Waals surface area contributed by atoms with Crippen molar-refractivity contribution in [1.82, 2.24) is 25.5 Å². The maximum absolute atomic E-state index is 5.25. The third-order valence-electron chi connectivity index (χ3n) is 2.96. The lowest BCUT2D eigenvalue weighted by Gasteiger charge is -2.14. The molecule has 6 nitrogen and oxygen atoms in total. The number of hydrogen-bond acceptors (Lipinski definition) is 5. The van der Waals surface area contributed by atoms with Gasteiger partial charge in [0.15, 0.2) is 5.82 Å². The Kier molecular flexibility index (Phi) is 5.08. The molecule has 1 N–H and O–H groups in total. The number of aromatic nitrogens is 4. The molecule has 0 aliphatic carbocycles. The van der Waals surface area contributed by atoms with Crippen molar-refractivity contribution in [2.45, 2.75) is 26.3 Å². The van der Waals surface area contributed by atoms with Gasteiger partial charge in [0.2, 0.25) is 0 Å². The van der Waals surface area contributed by atoms with Crippen LogP contribution in [-0.4, -0.2) is 33.9 Å². The molecule has 0 saturated carbocycles. The maximum atomic E-state index is 5.25. The largest absolute Gasteiger partial charge is 0.497 e. The Hall–Kier alpha value is -1.47. The molecular weight excluding hydrogens is 322 g/mol. The minimum Gasteiger partial charge on any atom is -0.497 e. The Balaban J connectivity index is 2.36. The van der Waals surface area contributed by atoms with Gasteiger partial charge in [-0.25, -0.2) is 0 Å². The molecule has 1 aromatic carbocycles. The summed E-state index contributed by atoms with van der Waals surface area (Å²) in [4.78, 5) is 0. The van der Waals surface area contributed by atoms with Crippen LogP contribution in [0.2, 0.25) is 0 Å². The molecule has 1 aromatic heterocycles. The Labute approximate surface area is 126 Å². The Morgan fingerprint density at radius 2 is 2.25 bits per heavy atom. The lowest BCUT2D eigenvalue weighted by atomic mass is 10.2. The van der Waals surface area contributed by atoms with Crippen molar-refractivity contribution in [1.29, 1.82) is 0 Å². The normalized spacial score (nSPS) is 12.4. The standard InChI is InChI=1S/C13H18BrN5O/c1-4-7-15-9(2)13-16-17-18-19(13)12-8-10(20-3)5-6-11(12)14/h5-6,8-9,15H,4,7H2,1-3H3. The maximum Gasteiger partial charge on any atom is 0.173 e. The number of ether oxygens (including phenoxy) is 1. The van der Waals surface area contributed by atoms with Gasteiger partial charge in [-0.15, -0.1) is 5.10 Å². The molecule has 0 amide bonds. The van der Waals surface area contributed by atoms with E-state index in [0.717, 1.165) is 34.7 Å². The predicted octanol–water partition coefficient (Wildman–Crippen LogP) is 2.49. The highest BCUT2D eigenvalue weighted by Crippen LogP contribution is 2.27. The molecule has 0 aliphatic heterocycles. The van der Waals surface area contributed by atoms with Crippen LogP contribution in [0, 0.1) is 0 Å². The average molecular weight is 340 g/mol. The summed E-state index contributed by atoms with van der Waals surface area (Å²) in [6.07, 6.45) is 1.06. The first kappa shape index (κ1) is 14.9. The van der Waals surface area contributed by atoms with Crippen LogP contribution < -0.4 is 10.1 Å².